The van der Waals surface area contributed by atoms with E-state index in [1.165, 1.54) is 0 Å². The van der Waals surface area contributed by atoms with Crippen molar-refractivity contribution >= 4 is 93.6 Å². The first-order chi connectivity index (χ1) is 34.3. The predicted molar refractivity (Wildman–Crippen MR) is 222 cm³/mol. The molecule has 0 unspecified atom stereocenters. The highest BCUT2D eigenvalue weighted by molar-refractivity contribution is 7.82. The number of hydrogen-bond donors (Lipinski definition) is 10. The van der Waals surface area contributed by atoms with Gasteiger partial charge in [0.2, 0.25) is 0 Å². The van der Waals surface area contributed by atoms with Crippen molar-refractivity contribution in [1.82, 2.24) is 0 Å². The van der Waals surface area contributed by atoms with E-state index in [0.29, 0.717) is 20.8 Å². The van der Waals surface area contributed by atoms with Crippen molar-refractivity contribution in [3.63, 3.8) is 0 Å². The Bertz CT molecular complexity index is 3080. The summed E-state index contributed by atoms with van der Waals surface area (Å²) in [6, 6.07) is 0. The first-order valence-corrected chi connectivity index (χ1v) is 31.8. The smallest absolute Gasteiger partial charge is 0.366 e. The molecule has 0 saturated carbocycles. The molecular formula is C24H42O44S9. The summed E-state index contributed by atoms with van der Waals surface area (Å²) in [6.07, 6.45) is -56.9. The molecule has 0 aromatic rings. The van der Waals surface area contributed by atoms with E-state index in [9.17, 15) is 122 Å². The van der Waals surface area contributed by atoms with Gasteiger partial charge in [-0.2, -0.15) is 75.8 Å². The minimum Gasteiger partial charge on any atom is -0.366 e. The van der Waals surface area contributed by atoms with Gasteiger partial charge in [-0.1, -0.05) is 0 Å². The standard InChI is InChI=1S/C24H42O44S9/c1-5-9(60-69(26,27)28)13(17(21(25)53-5)65-74(41,42)43)57-22-18(66-75(44,45)46)14(10(6(2)54-22)61-70(29,30)31)58-23-19(67-76(47,48)49)15(11(7(3)55-23)62-71(32,33)34)59-24-20(68-77(50,51)52)16(64-73(38,39)40)12(8(4)56-24)63-72(35,36)37/h5-25H,1-4H3,(H,26,27,28)(H,29,30,31)(H,32,33,34)(H,35,36,37)(H,38,39,40)(H,41,42,43)(H,44,45,46)(H,47,48,49)(H,50,51,52)/t5-,6-,7-,8-,9+,10+,11+,12+,13+,14+,15+,16+,17-,18-,19-,20-,21+,22-,23-,24-/m0/s1. The third kappa shape index (κ3) is 21.3. The zero-order valence-electron chi connectivity index (χ0n) is 37.6. The monoisotopic (exact) mass is 1320 g/mol. The van der Waals surface area contributed by atoms with Crippen molar-refractivity contribution in [1.29, 1.82) is 0 Å². The zero-order chi connectivity index (χ0) is 59.4. The molecule has 0 radical (unpaired) electrons. The maximum absolute atomic E-state index is 12.6. The van der Waals surface area contributed by atoms with Crippen molar-refractivity contribution in [3.8, 4) is 0 Å². The van der Waals surface area contributed by atoms with Crippen LogP contribution in [0.25, 0.3) is 0 Å². The van der Waals surface area contributed by atoms with Crippen LogP contribution in [0.4, 0.5) is 0 Å². The predicted octanol–water partition coefficient (Wildman–Crippen LogP) is -7.19. The Hall–Kier alpha value is -1.49. The van der Waals surface area contributed by atoms with E-state index in [2.05, 4.69) is 37.6 Å². The summed E-state index contributed by atoms with van der Waals surface area (Å²) < 4.78 is 383. The Morgan fingerprint density at radius 3 is 0.662 bits per heavy atom. The molecule has 4 saturated heterocycles. The van der Waals surface area contributed by atoms with Crippen molar-refractivity contribution in [3.05, 3.63) is 0 Å². The highest BCUT2D eigenvalue weighted by Gasteiger charge is 2.61. The van der Waals surface area contributed by atoms with Gasteiger partial charge in [-0.3, -0.25) is 41.0 Å². The van der Waals surface area contributed by atoms with Gasteiger partial charge in [0.15, 0.2) is 49.6 Å². The van der Waals surface area contributed by atoms with Gasteiger partial charge < -0.3 is 38.3 Å². The normalized spacial score (nSPS) is 37.8. The molecule has 4 aliphatic rings. The number of ether oxygens (including phenoxy) is 7. The van der Waals surface area contributed by atoms with Crippen LogP contribution in [0.5, 0.6) is 0 Å². The molecule has 4 rings (SSSR count). The van der Waals surface area contributed by atoms with E-state index in [4.69, 9.17) is 33.2 Å². The van der Waals surface area contributed by atoms with Crippen molar-refractivity contribution in [2.75, 3.05) is 0 Å². The largest absolute Gasteiger partial charge is 0.397 e. The van der Waals surface area contributed by atoms with Crippen LogP contribution in [0.2, 0.25) is 0 Å². The van der Waals surface area contributed by atoms with Gasteiger partial charge in [0.05, 0.1) is 24.4 Å². The number of aliphatic hydroxyl groups excluding tert-OH is 1. The summed E-state index contributed by atoms with van der Waals surface area (Å²) in [4.78, 5) is 0. The SMILES string of the molecule is C[C@@H]1O[C@@H](O)[C@@H](OS(=O)(=O)O)[C@H](O[C@@H]2O[C@@H](C)[C@@H](OS(=O)(=O)O)[C@@H](O[C@@H]3O[C@@H](C)[C@@H](OS(=O)(=O)O)[C@@H](O[C@@H]4O[C@@H](C)[C@@H](OS(=O)(=O)O)[C@@H](OS(=O)(=O)O)[C@@H]4OS(=O)(=O)O)[C@@H]3OS(=O)(=O)O)[C@@H]2OS(=O)(=O)O)[C@@H]1OS(=O)(=O)O. The molecule has 44 nitrogen and oxygen atoms in total. The van der Waals surface area contributed by atoms with E-state index in [0.717, 1.165) is 6.92 Å². The number of aliphatic hydroxyl groups is 1. The molecule has 0 amide bonds. The summed E-state index contributed by atoms with van der Waals surface area (Å²) in [7, 11) is -54.4. The van der Waals surface area contributed by atoms with E-state index in [1.807, 2.05) is 0 Å². The van der Waals surface area contributed by atoms with E-state index >= 15 is 0 Å². The van der Waals surface area contributed by atoms with E-state index < -0.39 is 216 Å². The zero-order valence-corrected chi connectivity index (χ0v) is 44.9. The highest BCUT2D eigenvalue weighted by Crippen LogP contribution is 2.41. The van der Waals surface area contributed by atoms with Crippen molar-refractivity contribution in [2.45, 2.75) is 151 Å². The third-order valence-corrected chi connectivity index (χ3v) is 14.1. The first kappa shape index (κ1) is 68.0. The molecule has 53 heteroatoms. The maximum atomic E-state index is 12.6. The van der Waals surface area contributed by atoms with Crippen molar-refractivity contribution < 1.29 is 193 Å². The van der Waals surface area contributed by atoms with Gasteiger partial charge >= 0.3 is 93.6 Å². The molecule has 456 valence electrons. The lowest BCUT2D eigenvalue weighted by molar-refractivity contribution is -0.374. The Labute approximate surface area is 434 Å². The Kier molecular flexibility index (Phi) is 21.5. The minimum absolute atomic E-state index is 0.613. The van der Waals surface area contributed by atoms with Crippen LogP contribution in [-0.4, -0.2) is 245 Å². The third-order valence-electron chi connectivity index (χ3n) is 9.90. The van der Waals surface area contributed by atoms with Gasteiger partial charge in [-0.15, -0.1) is 0 Å². The quantitative estimate of drug-likeness (QED) is 0.0401. The molecular weight excluding hydrogens is 1280 g/mol. The summed E-state index contributed by atoms with van der Waals surface area (Å²) in [6.45, 7) is 2.70. The lowest BCUT2D eigenvalue weighted by Crippen LogP contribution is -2.68. The van der Waals surface area contributed by atoms with Gasteiger partial charge in [-0.05, 0) is 27.7 Å². The number of hydrogen-bond acceptors (Lipinski definition) is 35. The molecule has 20 atom stereocenters. The van der Waals surface area contributed by atoms with Gasteiger partial charge in [0, 0.05) is 0 Å². The second kappa shape index (κ2) is 24.4. The average molecular weight is 1320 g/mol. The first-order valence-electron chi connectivity index (χ1n) is 19.5. The van der Waals surface area contributed by atoms with Crippen LogP contribution < -0.4 is 0 Å². The van der Waals surface area contributed by atoms with E-state index in [1.54, 1.807) is 0 Å². The summed E-state index contributed by atoms with van der Waals surface area (Å²) in [5.41, 5.74) is 0. The van der Waals surface area contributed by atoms with Crippen LogP contribution in [0, 0.1) is 0 Å². The minimum atomic E-state index is -6.30. The Morgan fingerprint density at radius 2 is 0.416 bits per heavy atom. The second-order valence-corrected chi connectivity index (χ2v) is 25.0. The fourth-order valence-corrected chi connectivity index (χ4v) is 12.1. The maximum Gasteiger partial charge on any atom is 0.397 e. The van der Waals surface area contributed by atoms with Crippen molar-refractivity contribution in [2.24, 2.45) is 0 Å². The van der Waals surface area contributed by atoms with Gasteiger partial charge in [0.1, 0.15) is 48.8 Å². The van der Waals surface area contributed by atoms with Gasteiger partial charge in [-0.25, -0.2) is 37.6 Å². The molecule has 0 aliphatic carbocycles. The van der Waals surface area contributed by atoms with Crippen LogP contribution in [0.15, 0.2) is 0 Å². The fourth-order valence-electron chi connectivity index (χ4n) is 7.48. The fraction of sp³-hybridized carbons (Fsp3) is 1.00. The van der Waals surface area contributed by atoms with Gasteiger partial charge in [0.25, 0.3) is 0 Å². The average Bonchev–Trinajstić information content (AvgIpc) is 3.16. The molecule has 4 heterocycles. The number of rotatable bonds is 24. The molecule has 10 N–H and O–H groups in total. The van der Waals surface area contributed by atoms with Crippen LogP contribution in [0.1, 0.15) is 27.7 Å². The van der Waals surface area contributed by atoms with E-state index in [-0.39, 0.29) is 0 Å². The molecule has 0 aromatic heterocycles. The summed E-state index contributed by atoms with van der Waals surface area (Å²) >= 11 is 0. The molecule has 4 fully saturated rings. The second-order valence-electron chi connectivity index (χ2n) is 15.6. The van der Waals surface area contributed by atoms with Crippen LogP contribution in [-0.2, 0) is 164 Å². The summed E-state index contributed by atoms with van der Waals surface area (Å²) in [5, 5.41) is 10.6. The lowest BCUT2D eigenvalue weighted by Gasteiger charge is -2.50. The summed E-state index contributed by atoms with van der Waals surface area (Å²) in [5.74, 6) is 0. The molecule has 0 bridgehead atoms. The molecule has 0 aromatic carbocycles. The molecule has 4 aliphatic heterocycles. The Morgan fingerprint density at radius 1 is 0.247 bits per heavy atom. The van der Waals surface area contributed by atoms with Crippen LogP contribution in [0.3, 0.4) is 0 Å². The topological polar surface area (TPSA) is 657 Å². The van der Waals surface area contributed by atoms with Crippen LogP contribution >= 0.6 is 0 Å². The lowest BCUT2D eigenvalue weighted by atomic mass is 9.96. The molecule has 77 heavy (non-hydrogen) atoms. The highest BCUT2D eigenvalue weighted by atomic mass is 32.3. The Balaban J connectivity index is 2.02. The molecule has 0 spiro atoms.